The first-order chi connectivity index (χ1) is 6.15. The van der Waals surface area contributed by atoms with Crippen molar-refractivity contribution in [3.05, 3.63) is 18.2 Å². The highest BCUT2D eigenvalue weighted by Crippen LogP contribution is 2.09. The summed E-state index contributed by atoms with van der Waals surface area (Å²) in [5.41, 5.74) is 0. The number of nitrogens with zero attached hydrogens (tertiary/aromatic N) is 3. The Kier molecular flexibility index (Phi) is 3.45. The van der Waals surface area contributed by atoms with Gasteiger partial charge in [0.25, 0.3) is 0 Å². The van der Waals surface area contributed by atoms with Crippen LogP contribution in [0.25, 0.3) is 0 Å². The molecule has 0 radical (unpaired) electrons. The van der Waals surface area contributed by atoms with Crippen molar-refractivity contribution in [1.82, 2.24) is 19.8 Å². The molecule has 0 bridgehead atoms. The molecule has 0 aliphatic rings. The van der Waals surface area contributed by atoms with E-state index in [-0.39, 0.29) is 0 Å². The van der Waals surface area contributed by atoms with Gasteiger partial charge in [0.1, 0.15) is 5.82 Å². The van der Waals surface area contributed by atoms with E-state index in [9.17, 15) is 0 Å². The quantitative estimate of drug-likeness (QED) is 0.724. The van der Waals surface area contributed by atoms with Crippen LogP contribution in [0.1, 0.15) is 11.9 Å². The summed E-state index contributed by atoms with van der Waals surface area (Å²) < 4.78 is 2.05. The number of aryl methyl sites for hydroxylation is 1. The third kappa shape index (κ3) is 2.54. The van der Waals surface area contributed by atoms with E-state index in [0.717, 1.165) is 12.4 Å². The van der Waals surface area contributed by atoms with E-state index in [2.05, 4.69) is 29.3 Å². The third-order valence-electron chi connectivity index (χ3n) is 2.07. The van der Waals surface area contributed by atoms with E-state index in [4.69, 9.17) is 0 Å². The predicted molar refractivity (Wildman–Crippen MR) is 53.6 cm³/mol. The molecule has 0 aliphatic carbocycles. The van der Waals surface area contributed by atoms with E-state index in [0.29, 0.717) is 6.04 Å². The Bertz CT molecular complexity index is 254. The lowest BCUT2D eigenvalue weighted by Gasteiger charge is -2.19. The first-order valence-electron chi connectivity index (χ1n) is 4.44. The van der Waals surface area contributed by atoms with Crippen molar-refractivity contribution < 1.29 is 0 Å². The van der Waals surface area contributed by atoms with Crippen molar-refractivity contribution in [2.24, 2.45) is 7.05 Å². The van der Waals surface area contributed by atoms with Crippen molar-refractivity contribution in [3.8, 4) is 0 Å². The van der Waals surface area contributed by atoms with Gasteiger partial charge in [-0.3, -0.25) is 0 Å². The molecule has 0 saturated heterocycles. The monoisotopic (exact) mass is 182 g/mol. The largest absolute Gasteiger partial charge is 0.337 e. The van der Waals surface area contributed by atoms with Crippen LogP contribution in [0, 0.1) is 0 Å². The third-order valence-corrected chi connectivity index (χ3v) is 2.07. The van der Waals surface area contributed by atoms with Crippen LogP contribution in [0.15, 0.2) is 12.4 Å². The average Bonchev–Trinajstić information content (AvgIpc) is 2.47. The average molecular weight is 182 g/mol. The Morgan fingerprint density at radius 3 is 2.69 bits per heavy atom. The van der Waals surface area contributed by atoms with E-state index in [1.807, 2.05) is 31.1 Å². The van der Waals surface area contributed by atoms with Gasteiger partial charge in [-0.05, 0) is 21.1 Å². The van der Waals surface area contributed by atoms with Crippen LogP contribution in [0.2, 0.25) is 0 Å². The highest BCUT2D eigenvalue weighted by Gasteiger charge is 2.13. The van der Waals surface area contributed by atoms with Crippen molar-refractivity contribution >= 4 is 0 Å². The van der Waals surface area contributed by atoms with Crippen LogP contribution in [0.4, 0.5) is 0 Å². The van der Waals surface area contributed by atoms with Crippen LogP contribution in [-0.4, -0.2) is 42.1 Å². The Hall–Kier alpha value is -0.870. The number of hydrogen-bond acceptors (Lipinski definition) is 3. The number of nitrogens with one attached hydrogen (secondary N) is 1. The maximum atomic E-state index is 4.31. The standard InChI is InChI=1S/C9H18N4/c1-10-8(7-12(2)3)9-11-5-6-13(9)4/h5-6,8,10H,7H2,1-4H3. The number of hydrogen-bond donors (Lipinski definition) is 1. The first kappa shape index (κ1) is 10.2. The van der Waals surface area contributed by atoms with Crippen molar-refractivity contribution in [2.75, 3.05) is 27.7 Å². The fraction of sp³-hybridized carbons (Fsp3) is 0.667. The van der Waals surface area contributed by atoms with Crippen LogP contribution < -0.4 is 5.32 Å². The summed E-state index contributed by atoms with van der Waals surface area (Å²) >= 11 is 0. The van der Waals surface area contributed by atoms with E-state index < -0.39 is 0 Å². The zero-order valence-electron chi connectivity index (χ0n) is 8.78. The van der Waals surface area contributed by atoms with Gasteiger partial charge in [-0.15, -0.1) is 0 Å². The molecular formula is C9H18N4. The normalized spacial score (nSPS) is 13.6. The molecule has 0 fully saturated rings. The van der Waals surface area contributed by atoms with Crippen LogP contribution >= 0.6 is 0 Å². The molecule has 0 spiro atoms. The molecule has 74 valence electrons. The maximum Gasteiger partial charge on any atom is 0.126 e. The molecule has 0 aromatic carbocycles. The summed E-state index contributed by atoms with van der Waals surface area (Å²) in [6.45, 7) is 0.960. The summed E-state index contributed by atoms with van der Waals surface area (Å²) in [6.07, 6.45) is 3.80. The molecule has 0 saturated carbocycles. The lowest BCUT2D eigenvalue weighted by Crippen LogP contribution is -2.30. The summed E-state index contributed by atoms with van der Waals surface area (Å²) in [6, 6.07) is 0.301. The first-order valence-corrected chi connectivity index (χ1v) is 4.44. The molecule has 0 amide bonds. The molecule has 1 rings (SSSR count). The second-order valence-electron chi connectivity index (χ2n) is 3.50. The summed E-state index contributed by atoms with van der Waals surface area (Å²) in [7, 11) is 8.10. The molecular weight excluding hydrogens is 164 g/mol. The number of imidazole rings is 1. The molecule has 1 aromatic rings. The van der Waals surface area contributed by atoms with Crippen LogP contribution in [0.5, 0.6) is 0 Å². The van der Waals surface area contributed by atoms with Gasteiger partial charge in [0.15, 0.2) is 0 Å². The van der Waals surface area contributed by atoms with Crippen molar-refractivity contribution in [2.45, 2.75) is 6.04 Å². The minimum atomic E-state index is 0.301. The van der Waals surface area contributed by atoms with Gasteiger partial charge < -0.3 is 14.8 Å². The molecule has 0 aliphatic heterocycles. The van der Waals surface area contributed by atoms with E-state index in [1.54, 1.807) is 0 Å². The Labute approximate surface area is 79.6 Å². The predicted octanol–water partition coefficient (Wildman–Crippen LogP) is 0.242. The highest BCUT2D eigenvalue weighted by molar-refractivity contribution is 4.99. The SMILES string of the molecule is CNC(CN(C)C)c1nccn1C. The van der Waals surface area contributed by atoms with Gasteiger partial charge in [0.2, 0.25) is 0 Å². The van der Waals surface area contributed by atoms with Gasteiger partial charge in [-0.1, -0.05) is 0 Å². The lowest BCUT2D eigenvalue weighted by atomic mass is 10.2. The van der Waals surface area contributed by atoms with Crippen molar-refractivity contribution in [1.29, 1.82) is 0 Å². The molecule has 1 N–H and O–H groups in total. The smallest absolute Gasteiger partial charge is 0.126 e. The number of aromatic nitrogens is 2. The molecule has 1 unspecified atom stereocenters. The maximum absolute atomic E-state index is 4.31. The molecule has 4 nitrogen and oxygen atoms in total. The second-order valence-corrected chi connectivity index (χ2v) is 3.50. The molecule has 1 aromatic heterocycles. The number of rotatable bonds is 4. The van der Waals surface area contributed by atoms with E-state index >= 15 is 0 Å². The second kappa shape index (κ2) is 4.39. The fourth-order valence-corrected chi connectivity index (χ4v) is 1.38. The molecule has 1 atom stereocenters. The summed E-state index contributed by atoms with van der Waals surface area (Å²) in [5, 5.41) is 3.25. The van der Waals surface area contributed by atoms with E-state index in [1.165, 1.54) is 0 Å². The molecule has 4 heteroatoms. The van der Waals surface area contributed by atoms with Gasteiger partial charge in [-0.2, -0.15) is 0 Å². The summed E-state index contributed by atoms with van der Waals surface area (Å²) in [5.74, 6) is 1.08. The Morgan fingerprint density at radius 1 is 1.62 bits per heavy atom. The Balaban J connectivity index is 2.72. The minimum absolute atomic E-state index is 0.301. The number of likely N-dealkylation sites (N-methyl/N-ethyl adjacent to an activating group) is 2. The van der Waals surface area contributed by atoms with Gasteiger partial charge in [-0.25, -0.2) is 4.98 Å². The topological polar surface area (TPSA) is 33.1 Å². The van der Waals surface area contributed by atoms with Crippen LogP contribution in [0.3, 0.4) is 0 Å². The van der Waals surface area contributed by atoms with Crippen molar-refractivity contribution in [3.63, 3.8) is 0 Å². The zero-order chi connectivity index (χ0) is 9.84. The zero-order valence-corrected chi connectivity index (χ0v) is 8.78. The van der Waals surface area contributed by atoms with Crippen LogP contribution in [-0.2, 0) is 7.05 Å². The fourth-order valence-electron chi connectivity index (χ4n) is 1.38. The highest BCUT2D eigenvalue weighted by atomic mass is 15.1. The lowest BCUT2D eigenvalue weighted by molar-refractivity contribution is 0.341. The van der Waals surface area contributed by atoms with Gasteiger partial charge >= 0.3 is 0 Å². The van der Waals surface area contributed by atoms with Gasteiger partial charge in [0.05, 0.1) is 6.04 Å². The molecule has 13 heavy (non-hydrogen) atoms. The Morgan fingerprint density at radius 2 is 2.31 bits per heavy atom. The summed E-state index contributed by atoms with van der Waals surface area (Å²) in [4.78, 5) is 6.46. The van der Waals surface area contributed by atoms with Gasteiger partial charge in [0, 0.05) is 26.0 Å². The molecule has 1 heterocycles. The minimum Gasteiger partial charge on any atom is -0.337 e.